The molecule has 0 amide bonds. The molecular weight excluding hydrogens is 338 g/mol. The SMILES string of the molecule is CCCCCCCCCCCCCCCC[N+](CCO)(CCO)CCCO. The van der Waals surface area contributed by atoms with Gasteiger partial charge in [-0.3, -0.25) is 0 Å². The van der Waals surface area contributed by atoms with Crippen molar-refractivity contribution in [2.45, 2.75) is 103 Å². The van der Waals surface area contributed by atoms with Crippen molar-refractivity contribution in [3.63, 3.8) is 0 Å². The van der Waals surface area contributed by atoms with Gasteiger partial charge in [-0.25, -0.2) is 0 Å². The van der Waals surface area contributed by atoms with Crippen molar-refractivity contribution in [3.05, 3.63) is 0 Å². The molecule has 0 aromatic carbocycles. The third kappa shape index (κ3) is 16.5. The number of hydrogen-bond acceptors (Lipinski definition) is 3. The zero-order valence-electron chi connectivity index (χ0n) is 18.3. The van der Waals surface area contributed by atoms with Crippen LogP contribution in [0.3, 0.4) is 0 Å². The minimum absolute atomic E-state index is 0.157. The average molecular weight is 389 g/mol. The summed E-state index contributed by atoms with van der Waals surface area (Å²) >= 11 is 0. The van der Waals surface area contributed by atoms with Gasteiger partial charge in [0.2, 0.25) is 0 Å². The van der Waals surface area contributed by atoms with Gasteiger partial charge in [0.05, 0.1) is 26.3 Å². The molecule has 27 heavy (non-hydrogen) atoms. The Bertz CT molecular complexity index is 281. The van der Waals surface area contributed by atoms with Gasteiger partial charge in [0.1, 0.15) is 13.1 Å². The van der Waals surface area contributed by atoms with Crippen LogP contribution in [0.1, 0.15) is 103 Å². The molecule has 0 fully saturated rings. The van der Waals surface area contributed by atoms with E-state index in [-0.39, 0.29) is 19.8 Å². The predicted molar refractivity (Wildman–Crippen MR) is 116 cm³/mol. The first-order valence-electron chi connectivity index (χ1n) is 11.9. The van der Waals surface area contributed by atoms with Crippen molar-refractivity contribution < 1.29 is 19.8 Å². The first-order chi connectivity index (χ1) is 13.2. The van der Waals surface area contributed by atoms with E-state index in [9.17, 15) is 10.2 Å². The van der Waals surface area contributed by atoms with E-state index in [2.05, 4.69) is 6.92 Å². The van der Waals surface area contributed by atoms with E-state index in [0.29, 0.717) is 13.1 Å². The molecule has 0 unspecified atom stereocenters. The Balaban J connectivity index is 3.61. The van der Waals surface area contributed by atoms with Crippen LogP contribution in [-0.4, -0.2) is 65.8 Å². The highest BCUT2D eigenvalue weighted by Crippen LogP contribution is 2.15. The molecule has 0 saturated heterocycles. The first kappa shape index (κ1) is 26.8. The Kier molecular flexibility index (Phi) is 20.4. The monoisotopic (exact) mass is 388 g/mol. The largest absolute Gasteiger partial charge is 0.396 e. The number of unbranched alkanes of at least 4 members (excludes halogenated alkanes) is 13. The number of aliphatic hydroxyl groups is 3. The van der Waals surface area contributed by atoms with Crippen LogP contribution in [0.2, 0.25) is 0 Å². The van der Waals surface area contributed by atoms with Crippen molar-refractivity contribution in [1.29, 1.82) is 0 Å². The second-order valence-corrected chi connectivity index (χ2v) is 8.36. The van der Waals surface area contributed by atoms with Crippen LogP contribution in [0.25, 0.3) is 0 Å². The highest BCUT2D eigenvalue weighted by atomic mass is 16.3. The van der Waals surface area contributed by atoms with Crippen molar-refractivity contribution in [2.24, 2.45) is 0 Å². The zero-order chi connectivity index (χ0) is 20.1. The van der Waals surface area contributed by atoms with Gasteiger partial charge >= 0.3 is 0 Å². The molecule has 164 valence electrons. The van der Waals surface area contributed by atoms with Crippen molar-refractivity contribution in [2.75, 3.05) is 46.0 Å². The summed E-state index contributed by atoms with van der Waals surface area (Å²) in [7, 11) is 0. The number of aliphatic hydroxyl groups excluding tert-OH is 3. The van der Waals surface area contributed by atoms with Crippen molar-refractivity contribution in [1.82, 2.24) is 0 Å². The molecule has 0 aliphatic carbocycles. The summed E-state index contributed by atoms with van der Waals surface area (Å²) < 4.78 is 0.756. The number of hydrogen-bond donors (Lipinski definition) is 3. The third-order valence-electron chi connectivity index (χ3n) is 5.93. The van der Waals surface area contributed by atoms with Gasteiger partial charge in [0.15, 0.2) is 0 Å². The highest BCUT2D eigenvalue weighted by Gasteiger charge is 2.25. The van der Waals surface area contributed by atoms with Crippen molar-refractivity contribution >= 4 is 0 Å². The van der Waals surface area contributed by atoms with Gasteiger partial charge in [0, 0.05) is 13.0 Å². The number of rotatable bonds is 22. The maximum Gasteiger partial charge on any atom is 0.102 e. The maximum atomic E-state index is 9.38. The summed E-state index contributed by atoms with van der Waals surface area (Å²) in [5.41, 5.74) is 0. The Labute approximate surface area is 169 Å². The summed E-state index contributed by atoms with van der Waals surface area (Å²) in [5, 5.41) is 27.9. The summed E-state index contributed by atoms with van der Waals surface area (Å²) in [6, 6.07) is 0. The minimum atomic E-state index is 0.157. The molecule has 0 saturated carbocycles. The van der Waals surface area contributed by atoms with Crippen LogP contribution in [0, 0.1) is 0 Å². The molecule has 0 atom stereocenters. The molecule has 4 nitrogen and oxygen atoms in total. The fourth-order valence-corrected chi connectivity index (χ4v) is 4.14. The molecule has 0 rings (SSSR count). The van der Waals surface area contributed by atoms with E-state index < -0.39 is 0 Å². The zero-order valence-corrected chi connectivity index (χ0v) is 18.3. The van der Waals surface area contributed by atoms with Gasteiger partial charge in [-0.1, -0.05) is 84.0 Å². The van der Waals surface area contributed by atoms with Crippen LogP contribution in [0.5, 0.6) is 0 Å². The van der Waals surface area contributed by atoms with Gasteiger partial charge in [-0.2, -0.15) is 0 Å². The minimum Gasteiger partial charge on any atom is -0.396 e. The summed E-state index contributed by atoms with van der Waals surface area (Å²) in [4.78, 5) is 0. The molecule has 3 N–H and O–H groups in total. The van der Waals surface area contributed by atoms with E-state index in [1.807, 2.05) is 0 Å². The van der Waals surface area contributed by atoms with E-state index in [4.69, 9.17) is 5.11 Å². The first-order valence-corrected chi connectivity index (χ1v) is 11.9. The van der Waals surface area contributed by atoms with Crippen molar-refractivity contribution in [3.8, 4) is 0 Å². The molecule has 0 aromatic heterocycles. The van der Waals surface area contributed by atoms with Crippen LogP contribution < -0.4 is 0 Å². The normalized spacial score (nSPS) is 12.0. The van der Waals surface area contributed by atoms with E-state index >= 15 is 0 Å². The predicted octanol–water partition coefficient (Wildman–Crippen LogP) is 4.65. The standard InChI is InChI=1S/C23H50NO3/c1-2-3-4-5-6-7-8-9-10-11-12-13-14-15-17-24(19-22-26,20-23-27)18-16-21-25/h25-27H,2-23H2,1H3/q+1. The fraction of sp³-hybridized carbons (Fsp3) is 1.00. The lowest BCUT2D eigenvalue weighted by atomic mass is 10.0. The average Bonchev–Trinajstić information content (AvgIpc) is 2.67. The topological polar surface area (TPSA) is 60.7 Å². The Morgan fingerprint density at radius 3 is 1.15 bits per heavy atom. The van der Waals surface area contributed by atoms with Crippen LogP contribution in [0.4, 0.5) is 0 Å². The number of quaternary nitrogens is 1. The summed E-state index contributed by atoms with van der Waals surface area (Å²) in [6.45, 7) is 6.04. The Morgan fingerprint density at radius 2 is 0.778 bits per heavy atom. The van der Waals surface area contributed by atoms with Gasteiger partial charge in [-0.05, 0) is 12.8 Å². The Hall–Kier alpha value is -0.160. The smallest absolute Gasteiger partial charge is 0.102 e. The molecule has 0 heterocycles. The highest BCUT2D eigenvalue weighted by molar-refractivity contribution is 4.51. The van der Waals surface area contributed by atoms with Gasteiger partial charge < -0.3 is 19.8 Å². The molecule has 0 radical (unpaired) electrons. The second kappa shape index (κ2) is 20.6. The molecular formula is C23H50NO3+. The molecule has 4 heteroatoms. The summed E-state index contributed by atoms with van der Waals surface area (Å²) in [6.07, 6.45) is 19.8. The second-order valence-electron chi connectivity index (χ2n) is 8.36. The quantitative estimate of drug-likeness (QED) is 0.187. The van der Waals surface area contributed by atoms with E-state index in [1.165, 1.54) is 83.5 Å². The lowest BCUT2D eigenvalue weighted by Gasteiger charge is -2.38. The molecule has 0 aromatic rings. The fourth-order valence-electron chi connectivity index (χ4n) is 4.14. The van der Waals surface area contributed by atoms with Gasteiger partial charge in [0.25, 0.3) is 0 Å². The van der Waals surface area contributed by atoms with Gasteiger partial charge in [-0.15, -0.1) is 0 Å². The van der Waals surface area contributed by atoms with E-state index in [0.717, 1.165) is 30.4 Å². The number of nitrogens with zero attached hydrogens (tertiary/aromatic N) is 1. The molecule has 0 aliphatic heterocycles. The third-order valence-corrected chi connectivity index (χ3v) is 5.93. The van der Waals surface area contributed by atoms with E-state index in [1.54, 1.807) is 0 Å². The van der Waals surface area contributed by atoms with Crippen LogP contribution in [0.15, 0.2) is 0 Å². The molecule has 0 bridgehead atoms. The molecule has 0 spiro atoms. The molecule has 0 aliphatic rings. The van der Waals surface area contributed by atoms with Crippen LogP contribution >= 0.6 is 0 Å². The summed E-state index contributed by atoms with van der Waals surface area (Å²) in [5.74, 6) is 0. The Morgan fingerprint density at radius 1 is 0.407 bits per heavy atom. The maximum absolute atomic E-state index is 9.38. The van der Waals surface area contributed by atoms with Crippen LogP contribution in [-0.2, 0) is 0 Å². The lowest BCUT2D eigenvalue weighted by Crippen LogP contribution is -2.53. The lowest BCUT2D eigenvalue weighted by molar-refractivity contribution is -0.929.